The van der Waals surface area contributed by atoms with Crippen LogP contribution >= 0.6 is 0 Å². The molecule has 0 spiro atoms. The minimum absolute atomic E-state index is 0.0228. The van der Waals surface area contributed by atoms with Gasteiger partial charge in [-0.3, -0.25) is 14.9 Å². The Hall–Kier alpha value is -2.75. The van der Waals surface area contributed by atoms with E-state index in [2.05, 4.69) is 5.43 Å². The Morgan fingerprint density at radius 2 is 1.68 bits per heavy atom. The second-order valence-corrected chi connectivity index (χ2v) is 5.25. The number of amides is 1. The van der Waals surface area contributed by atoms with E-state index in [1.165, 1.54) is 0 Å². The molecule has 112 valence electrons. The molecule has 0 aliphatic heterocycles. The summed E-state index contributed by atoms with van der Waals surface area (Å²) in [6.07, 6.45) is 0. The molecule has 3 rings (SSSR count). The molecule has 0 aliphatic rings. The van der Waals surface area contributed by atoms with E-state index in [1.54, 1.807) is 4.68 Å². The number of hydrogen-bond acceptors (Lipinski definition) is 2. The Morgan fingerprint density at radius 3 is 2.45 bits per heavy atom. The maximum absolute atomic E-state index is 12.1. The second-order valence-electron chi connectivity index (χ2n) is 5.25. The Balaban J connectivity index is 1.70. The lowest BCUT2D eigenvalue weighted by molar-refractivity contribution is -0.119. The standard InChI is InChI=1S/C18H18N2O2/c1-13-10-11-14(2)20(13)19-18(21)12-22-17-9-5-7-15-6-3-4-8-16(15)17/h3-11H,12H2,1-2H3,(H,19,21). The van der Waals surface area contributed by atoms with Crippen LogP contribution in [0.4, 0.5) is 0 Å². The molecule has 0 bridgehead atoms. The molecule has 1 N–H and O–H groups in total. The van der Waals surface area contributed by atoms with Gasteiger partial charge >= 0.3 is 0 Å². The van der Waals surface area contributed by atoms with Crippen LogP contribution in [0.2, 0.25) is 0 Å². The SMILES string of the molecule is Cc1ccc(C)n1NC(=O)COc1cccc2ccccc12. The molecule has 2 aromatic carbocycles. The third-order valence-corrected chi connectivity index (χ3v) is 3.62. The van der Waals surface area contributed by atoms with Crippen LogP contribution in [0.15, 0.2) is 54.6 Å². The van der Waals surface area contributed by atoms with Crippen molar-refractivity contribution in [3.05, 3.63) is 66.0 Å². The van der Waals surface area contributed by atoms with E-state index in [9.17, 15) is 4.79 Å². The first-order valence-electron chi connectivity index (χ1n) is 7.20. The summed E-state index contributed by atoms with van der Waals surface area (Å²) in [6.45, 7) is 3.86. The van der Waals surface area contributed by atoms with Crippen LogP contribution < -0.4 is 10.2 Å². The van der Waals surface area contributed by atoms with E-state index in [1.807, 2.05) is 68.4 Å². The van der Waals surface area contributed by atoms with Crippen molar-refractivity contribution in [2.45, 2.75) is 13.8 Å². The molecule has 0 unspecified atom stereocenters. The minimum atomic E-state index is -0.185. The number of aryl methyl sites for hydroxylation is 2. The Bertz CT molecular complexity index is 796. The van der Waals surface area contributed by atoms with Gasteiger partial charge in [0.2, 0.25) is 0 Å². The number of carbonyl (C=O) groups is 1. The number of nitrogens with zero attached hydrogens (tertiary/aromatic N) is 1. The van der Waals surface area contributed by atoms with E-state index in [-0.39, 0.29) is 12.5 Å². The number of ether oxygens (including phenoxy) is 1. The molecule has 0 saturated carbocycles. The van der Waals surface area contributed by atoms with Crippen LogP contribution in [-0.4, -0.2) is 17.2 Å². The molecule has 0 saturated heterocycles. The lowest BCUT2D eigenvalue weighted by atomic mass is 10.1. The van der Waals surface area contributed by atoms with Gasteiger partial charge in [-0.05, 0) is 37.4 Å². The van der Waals surface area contributed by atoms with E-state index in [0.717, 1.165) is 22.2 Å². The first-order valence-corrected chi connectivity index (χ1v) is 7.20. The van der Waals surface area contributed by atoms with Crippen molar-refractivity contribution in [2.24, 2.45) is 0 Å². The molecule has 0 radical (unpaired) electrons. The van der Waals surface area contributed by atoms with Crippen molar-refractivity contribution >= 4 is 16.7 Å². The maximum Gasteiger partial charge on any atom is 0.276 e. The lowest BCUT2D eigenvalue weighted by Crippen LogP contribution is -2.29. The van der Waals surface area contributed by atoms with Crippen LogP contribution in [0.5, 0.6) is 5.75 Å². The Labute approximate surface area is 129 Å². The summed E-state index contributed by atoms with van der Waals surface area (Å²) in [5.74, 6) is 0.532. The number of aromatic nitrogens is 1. The van der Waals surface area contributed by atoms with Crippen LogP contribution in [0, 0.1) is 13.8 Å². The van der Waals surface area contributed by atoms with Crippen molar-refractivity contribution in [3.63, 3.8) is 0 Å². The highest BCUT2D eigenvalue weighted by atomic mass is 16.5. The van der Waals surface area contributed by atoms with Crippen LogP contribution in [0.1, 0.15) is 11.4 Å². The van der Waals surface area contributed by atoms with Crippen LogP contribution in [-0.2, 0) is 4.79 Å². The van der Waals surface area contributed by atoms with E-state index < -0.39 is 0 Å². The van der Waals surface area contributed by atoms with Gasteiger partial charge in [0.1, 0.15) is 5.75 Å². The summed E-state index contributed by atoms with van der Waals surface area (Å²) in [5, 5.41) is 2.10. The number of carbonyl (C=O) groups excluding carboxylic acids is 1. The average Bonchev–Trinajstić information content (AvgIpc) is 2.85. The number of rotatable bonds is 4. The smallest absolute Gasteiger partial charge is 0.276 e. The van der Waals surface area contributed by atoms with Gasteiger partial charge in [0.15, 0.2) is 6.61 Å². The third-order valence-electron chi connectivity index (χ3n) is 3.62. The van der Waals surface area contributed by atoms with Gasteiger partial charge in [0, 0.05) is 16.8 Å². The van der Waals surface area contributed by atoms with Crippen LogP contribution in [0.25, 0.3) is 10.8 Å². The maximum atomic E-state index is 12.1. The summed E-state index contributed by atoms with van der Waals surface area (Å²) in [5.41, 5.74) is 4.79. The van der Waals surface area contributed by atoms with Gasteiger partial charge in [-0.25, -0.2) is 0 Å². The fourth-order valence-corrected chi connectivity index (χ4v) is 2.47. The zero-order valence-corrected chi connectivity index (χ0v) is 12.7. The fraction of sp³-hybridized carbons (Fsp3) is 0.167. The lowest BCUT2D eigenvalue weighted by Gasteiger charge is -2.13. The number of hydrogen-bond donors (Lipinski definition) is 1. The molecule has 4 nitrogen and oxygen atoms in total. The summed E-state index contributed by atoms with van der Waals surface area (Å²) in [7, 11) is 0. The summed E-state index contributed by atoms with van der Waals surface area (Å²) in [6, 6.07) is 17.7. The molecule has 22 heavy (non-hydrogen) atoms. The number of nitrogens with one attached hydrogen (secondary N) is 1. The molecule has 3 aromatic rings. The third kappa shape index (κ3) is 2.81. The molecule has 1 amide bonds. The van der Waals surface area contributed by atoms with E-state index in [0.29, 0.717) is 5.75 Å². The van der Waals surface area contributed by atoms with Crippen molar-refractivity contribution < 1.29 is 9.53 Å². The van der Waals surface area contributed by atoms with Gasteiger partial charge in [-0.2, -0.15) is 0 Å². The van der Waals surface area contributed by atoms with Gasteiger partial charge in [-0.1, -0.05) is 36.4 Å². The highest BCUT2D eigenvalue weighted by Gasteiger charge is 2.08. The quantitative estimate of drug-likeness (QED) is 0.801. The van der Waals surface area contributed by atoms with Crippen molar-refractivity contribution in [2.75, 3.05) is 12.0 Å². The van der Waals surface area contributed by atoms with Gasteiger partial charge in [0.25, 0.3) is 5.91 Å². The van der Waals surface area contributed by atoms with E-state index >= 15 is 0 Å². The second kappa shape index (κ2) is 5.93. The predicted molar refractivity (Wildman–Crippen MR) is 87.7 cm³/mol. The molecule has 0 atom stereocenters. The van der Waals surface area contributed by atoms with Crippen molar-refractivity contribution in [3.8, 4) is 5.75 Å². The van der Waals surface area contributed by atoms with Gasteiger partial charge < -0.3 is 4.74 Å². The first kappa shape index (κ1) is 14.2. The summed E-state index contributed by atoms with van der Waals surface area (Å²) < 4.78 is 7.44. The topological polar surface area (TPSA) is 43.3 Å². The zero-order valence-electron chi connectivity index (χ0n) is 12.7. The molecule has 0 fully saturated rings. The monoisotopic (exact) mass is 294 g/mol. The number of fused-ring (bicyclic) bond motifs is 1. The molecular weight excluding hydrogens is 276 g/mol. The first-order chi connectivity index (χ1) is 10.6. The Morgan fingerprint density at radius 1 is 1.00 bits per heavy atom. The largest absolute Gasteiger partial charge is 0.483 e. The normalized spacial score (nSPS) is 10.6. The summed E-state index contributed by atoms with van der Waals surface area (Å²) >= 11 is 0. The molecule has 0 aliphatic carbocycles. The van der Waals surface area contributed by atoms with Crippen molar-refractivity contribution in [1.29, 1.82) is 0 Å². The van der Waals surface area contributed by atoms with Crippen molar-refractivity contribution in [1.82, 2.24) is 4.68 Å². The minimum Gasteiger partial charge on any atom is -0.483 e. The molecule has 4 heteroatoms. The zero-order chi connectivity index (χ0) is 15.5. The molecule has 1 heterocycles. The van der Waals surface area contributed by atoms with Gasteiger partial charge in [0.05, 0.1) is 0 Å². The highest BCUT2D eigenvalue weighted by Crippen LogP contribution is 2.24. The van der Waals surface area contributed by atoms with Gasteiger partial charge in [-0.15, -0.1) is 0 Å². The average molecular weight is 294 g/mol. The summed E-state index contributed by atoms with van der Waals surface area (Å²) in [4.78, 5) is 12.1. The molecular formula is C18H18N2O2. The fourth-order valence-electron chi connectivity index (χ4n) is 2.47. The molecule has 1 aromatic heterocycles. The van der Waals surface area contributed by atoms with Crippen LogP contribution in [0.3, 0.4) is 0 Å². The predicted octanol–water partition coefficient (Wildman–Crippen LogP) is 3.41. The Kier molecular flexibility index (Phi) is 3.83. The number of benzene rings is 2. The highest BCUT2D eigenvalue weighted by molar-refractivity contribution is 5.89. The van der Waals surface area contributed by atoms with E-state index in [4.69, 9.17) is 4.74 Å².